The van der Waals surface area contributed by atoms with Gasteiger partial charge in [-0.15, -0.1) is 0 Å². The van der Waals surface area contributed by atoms with Crippen LogP contribution in [0, 0.1) is 5.92 Å². The number of amides is 1. The summed E-state index contributed by atoms with van der Waals surface area (Å²) >= 11 is 6.52. The molecule has 1 fully saturated rings. The van der Waals surface area contributed by atoms with Gasteiger partial charge in [-0.3, -0.25) is 4.79 Å². The van der Waals surface area contributed by atoms with Gasteiger partial charge in [0.1, 0.15) is 5.56 Å². The molecule has 0 spiro atoms. The zero-order valence-corrected chi connectivity index (χ0v) is 21.8. The normalized spacial score (nSPS) is 14.9. The van der Waals surface area contributed by atoms with Crippen molar-refractivity contribution in [3.05, 3.63) is 82.4 Å². The second-order valence-corrected chi connectivity index (χ2v) is 9.83. The standard InChI is InChI=1S/C28H32ClN5O3/c1-18(25(30)17-31-2)11-26-24(28(36)37)16-32-34(26)23-14-21(13-22(29)15-23)19-7-6-8-20(12-19)27(35)33-9-4-3-5-10-33/h6-8,12-18,31H,3-5,9-11,30H2,1-2H3,(H,36,37)/b25-17-. The van der Waals surface area contributed by atoms with Gasteiger partial charge in [0, 0.05) is 48.5 Å². The minimum Gasteiger partial charge on any atom is -0.478 e. The maximum Gasteiger partial charge on any atom is 0.339 e. The number of hydrogen-bond donors (Lipinski definition) is 3. The molecule has 1 amide bonds. The Kier molecular flexibility index (Phi) is 8.18. The third-order valence-corrected chi connectivity index (χ3v) is 6.91. The molecule has 1 aromatic heterocycles. The third-order valence-electron chi connectivity index (χ3n) is 6.69. The van der Waals surface area contributed by atoms with Crippen molar-refractivity contribution < 1.29 is 14.7 Å². The maximum atomic E-state index is 13.1. The van der Waals surface area contributed by atoms with Gasteiger partial charge in [0.25, 0.3) is 5.91 Å². The van der Waals surface area contributed by atoms with Crippen LogP contribution in [0.15, 0.2) is 60.6 Å². The number of hydrogen-bond acceptors (Lipinski definition) is 5. The molecule has 1 unspecified atom stereocenters. The Morgan fingerprint density at radius 2 is 1.92 bits per heavy atom. The van der Waals surface area contributed by atoms with E-state index in [0.29, 0.717) is 34.1 Å². The van der Waals surface area contributed by atoms with E-state index in [-0.39, 0.29) is 17.4 Å². The minimum atomic E-state index is -1.06. The average molecular weight is 522 g/mol. The molecule has 8 nitrogen and oxygen atoms in total. The summed E-state index contributed by atoms with van der Waals surface area (Å²) in [5, 5.41) is 17.6. The van der Waals surface area contributed by atoms with Gasteiger partial charge in [-0.2, -0.15) is 5.10 Å². The molecule has 9 heteroatoms. The summed E-state index contributed by atoms with van der Waals surface area (Å²) in [6.07, 6.45) is 6.63. The lowest BCUT2D eigenvalue weighted by Gasteiger charge is -2.26. The van der Waals surface area contributed by atoms with Gasteiger partial charge >= 0.3 is 5.97 Å². The summed E-state index contributed by atoms with van der Waals surface area (Å²) in [4.78, 5) is 26.9. The van der Waals surface area contributed by atoms with Crippen LogP contribution in [-0.2, 0) is 6.42 Å². The van der Waals surface area contributed by atoms with Crippen LogP contribution in [0.1, 0.15) is 52.6 Å². The van der Waals surface area contributed by atoms with E-state index in [1.807, 2.05) is 48.2 Å². The van der Waals surface area contributed by atoms with Crippen molar-refractivity contribution in [2.45, 2.75) is 32.6 Å². The van der Waals surface area contributed by atoms with Crippen LogP contribution in [0.3, 0.4) is 0 Å². The molecule has 1 atom stereocenters. The number of halogens is 1. The predicted molar refractivity (Wildman–Crippen MR) is 145 cm³/mol. The Bertz CT molecular complexity index is 1330. The number of benzene rings is 2. The Hall–Kier alpha value is -3.78. The fourth-order valence-corrected chi connectivity index (χ4v) is 4.89. The van der Waals surface area contributed by atoms with Crippen LogP contribution >= 0.6 is 11.6 Å². The number of aromatic carboxylic acids is 1. The highest BCUT2D eigenvalue weighted by molar-refractivity contribution is 6.31. The lowest BCUT2D eigenvalue weighted by molar-refractivity contribution is 0.0693. The minimum absolute atomic E-state index is 0.0328. The SMILES string of the molecule is CN/C=C(\N)C(C)Cc1c(C(=O)O)cnn1-c1cc(Cl)cc(-c2cccc(C(=O)N3CCCCC3)c2)c1. The van der Waals surface area contributed by atoms with Crippen LogP contribution in [0.4, 0.5) is 0 Å². The van der Waals surface area contributed by atoms with E-state index in [4.69, 9.17) is 17.3 Å². The number of aromatic nitrogens is 2. The van der Waals surface area contributed by atoms with Crippen molar-refractivity contribution in [3.63, 3.8) is 0 Å². The number of carbonyl (C=O) groups excluding carboxylic acids is 1. The van der Waals surface area contributed by atoms with Crippen LogP contribution < -0.4 is 11.1 Å². The number of nitrogens with zero attached hydrogens (tertiary/aromatic N) is 3. The highest BCUT2D eigenvalue weighted by atomic mass is 35.5. The number of allylic oxidation sites excluding steroid dienone is 1. The van der Waals surface area contributed by atoms with E-state index in [1.165, 1.54) is 6.20 Å². The molecule has 37 heavy (non-hydrogen) atoms. The molecular weight excluding hydrogens is 490 g/mol. The van der Waals surface area contributed by atoms with Gasteiger partial charge in [-0.1, -0.05) is 30.7 Å². The van der Waals surface area contributed by atoms with Crippen LogP contribution in [-0.4, -0.2) is 51.8 Å². The number of rotatable bonds is 8. The lowest BCUT2D eigenvalue weighted by Crippen LogP contribution is -2.35. The zero-order valence-electron chi connectivity index (χ0n) is 21.1. The number of carboxylic acid groups (broad SMARTS) is 1. The smallest absolute Gasteiger partial charge is 0.339 e. The molecule has 1 aliphatic rings. The first-order chi connectivity index (χ1) is 17.8. The molecule has 0 aliphatic carbocycles. The zero-order chi connectivity index (χ0) is 26.5. The fraction of sp³-hybridized carbons (Fsp3) is 0.321. The summed E-state index contributed by atoms with van der Waals surface area (Å²) in [5.41, 5.74) is 10.3. The van der Waals surface area contributed by atoms with Crippen molar-refractivity contribution in [2.24, 2.45) is 11.7 Å². The Labute approximate surface area is 221 Å². The van der Waals surface area contributed by atoms with Crippen LogP contribution in [0.2, 0.25) is 5.02 Å². The highest BCUT2D eigenvalue weighted by Crippen LogP contribution is 2.30. The number of carboxylic acids is 1. The van der Waals surface area contributed by atoms with E-state index >= 15 is 0 Å². The Morgan fingerprint density at radius 1 is 1.16 bits per heavy atom. The van der Waals surface area contributed by atoms with Gasteiger partial charge in [-0.25, -0.2) is 9.48 Å². The monoisotopic (exact) mass is 521 g/mol. The van der Waals surface area contributed by atoms with E-state index in [0.717, 1.165) is 43.5 Å². The van der Waals surface area contributed by atoms with E-state index in [9.17, 15) is 14.7 Å². The number of carbonyl (C=O) groups is 2. The lowest BCUT2D eigenvalue weighted by atomic mass is 9.99. The van der Waals surface area contributed by atoms with Crippen molar-refractivity contribution in [1.82, 2.24) is 20.0 Å². The predicted octanol–water partition coefficient (Wildman–Crippen LogP) is 4.72. The van der Waals surface area contributed by atoms with Crippen molar-refractivity contribution in [1.29, 1.82) is 0 Å². The molecule has 3 aromatic rings. The first-order valence-corrected chi connectivity index (χ1v) is 12.8. The van der Waals surface area contributed by atoms with E-state index in [1.54, 1.807) is 24.0 Å². The first kappa shape index (κ1) is 26.3. The van der Waals surface area contributed by atoms with E-state index < -0.39 is 5.97 Å². The third kappa shape index (κ3) is 5.97. The van der Waals surface area contributed by atoms with Gasteiger partial charge in [0.2, 0.25) is 0 Å². The molecule has 1 saturated heterocycles. The molecule has 0 radical (unpaired) electrons. The number of nitrogens with one attached hydrogen (secondary N) is 1. The molecule has 4 N–H and O–H groups in total. The quantitative estimate of drug-likeness (QED) is 0.395. The van der Waals surface area contributed by atoms with Gasteiger partial charge in [0.15, 0.2) is 0 Å². The summed E-state index contributed by atoms with van der Waals surface area (Å²) in [5.74, 6) is -1.15. The van der Waals surface area contributed by atoms with Crippen molar-refractivity contribution in [2.75, 3.05) is 20.1 Å². The molecule has 194 valence electrons. The second-order valence-electron chi connectivity index (χ2n) is 9.39. The molecule has 4 rings (SSSR count). The molecule has 0 saturated carbocycles. The largest absolute Gasteiger partial charge is 0.478 e. The maximum absolute atomic E-state index is 13.1. The molecule has 2 heterocycles. The van der Waals surface area contributed by atoms with Crippen LogP contribution in [0.5, 0.6) is 0 Å². The fourth-order valence-electron chi connectivity index (χ4n) is 4.66. The van der Waals surface area contributed by atoms with Crippen molar-refractivity contribution >= 4 is 23.5 Å². The molecule has 2 aromatic carbocycles. The second kappa shape index (κ2) is 11.5. The summed E-state index contributed by atoms with van der Waals surface area (Å²) in [7, 11) is 1.76. The number of nitrogens with two attached hydrogens (primary N) is 1. The van der Waals surface area contributed by atoms with Crippen LogP contribution in [0.25, 0.3) is 16.8 Å². The summed E-state index contributed by atoms with van der Waals surface area (Å²) < 4.78 is 1.60. The van der Waals surface area contributed by atoms with E-state index in [2.05, 4.69) is 10.4 Å². The van der Waals surface area contributed by atoms with Gasteiger partial charge < -0.3 is 21.1 Å². The van der Waals surface area contributed by atoms with Gasteiger partial charge in [0.05, 0.1) is 17.6 Å². The Balaban J connectivity index is 1.71. The first-order valence-electron chi connectivity index (χ1n) is 12.4. The number of likely N-dealkylation sites (tertiary alicyclic amines) is 1. The summed E-state index contributed by atoms with van der Waals surface area (Å²) in [6, 6.07) is 13.0. The Morgan fingerprint density at radius 3 is 2.62 bits per heavy atom. The molecule has 0 bridgehead atoms. The number of piperidine rings is 1. The average Bonchev–Trinajstić information content (AvgIpc) is 3.32. The highest BCUT2D eigenvalue weighted by Gasteiger charge is 2.22. The topological polar surface area (TPSA) is 113 Å². The molecule has 1 aliphatic heterocycles. The van der Waals surface area contributed by atoms with Gasteiger partial charge in [-0.05, 0) is 67.1 Å². The molecular formula is C28H32ClN5O3. The summed E-state index contributed by atoms with van der Waals surface area (Å²) in [6.45, 7) is 3.50. The van der Waals surface area contributed by atoms with Crippen molar-refractivity contribution in [3.8, 4) is 16.8 Å².